The molecule has 0 radical (unpaired) electrons. The summed E-state index contributed by atoms with van der Waals surface area (Å²) < 4.78 is 0. The Morgan fingerprint density at radius 3 is 2.73 bits per heavy atom. The maximum atomic E-state index is 12.4. The van der Waals surface area contributed by atoms with Crippen molar-refractivity contribution in [1.29, 1.82) is 0 Å². The summed E-state index contributed by atoms with van der Waals surface area (Å²) in [4.78, 5) is 24.2. The van der Waals surface area contributed by atoms with Crippen molar-refractivity contribution in [1.82, 2.24) is 0 Å². The normalized spacial score (nSPS) is 50.2. The van der Waals surface area contributed by atoms with Crippen molar-refractivity contribution >= 4 is 24.2 Å². The highest BCUT2D eigenvalue weighted by molar-refractivity contribution is 7.81. The minimum atomic E-state index is -0.0968. The Balaban J connectivity index is 1.76. The van der Waals surface area contributed by atoms with Crippen molar-refractivity contribution < 1.29 is 9.59 Å². The van der Waals surface area contributed by atoms with E-state index < -0.39 is 0 Å². The molecule has 6 atom stereocenters. The van der Waals surface area contributed by atoms with Crippen LogP contribution in [0.2, 0.25) is 0 Å². The van der Waals surface area contributed by atoms with E-state index in [2.05, 4.69) is 19.9 Å². The van der Waals surface area contributed by atoms with Gasteiger partial charge in [-0.05, 0) is 61.2 Å². The summed E-state index contributed by atoms with van der Waals surface area (Å²) in [5.41, 5.74) is 1.06. The van der Waals surface area contributed by atoms with E-state index in [1.54, 1.807) is 6.08 Å². The van der Waals surface area contributed by atoms with Crippen molar-refractivity contribution in [2.75, 3.05) is 0 Å². The van der Waals surface area contributed by atoms with Gasteiger partial charge in [0.15, 0.2) is 5.78 Å². The van der Waals surface area contributed by atoms with Crippen LogP contribution in [-0.4, -0.2) is 16.8 Å². The van der Waals surface area contributed by atoms with Crippen LogP contribution in [0, 0.1) is 28.6 Å². The van der Waals surface area contributed by atoms with Crippen LogP contribution in [0.4, 0.5) is 0 Å². The fourth-order valence-corrected chi connectivity index (χ4v) is 6.61. The Kier molecular flexibility index (Phi) is 3.08. The number of hydrogen-bond donors (Lipinski definition) is 1. The number of ketones is 2. The third-order valence-electron chi connectivity index (χ3n) is 7.28. The molecule has 0 aliphatic heterocycles. The van der Waals surface area contributed by atoms with Gasteiger partial charge in [0.2, 0.25) is 0 Å². The van der Waals surface area contributed by atoms with Crippen molar-refractivity contribution in [3.05, 3.63) is 23.8 Å². The molecular formula is C19H24O2S. The smallest absolute Gasteiger partial charge is 0.178 e. The lowest BCUT2D eigenvalue weighted by Gasteiger charge is -2.57. The summed E-state index contributed by atoms with van der Waals surface area (Å²) in [5.74, 6) is 2.20. The van der Waals surface area contributed by atoms with Gasteiger partial charge in [-0.1, -0.05) is 19.9 Å². The predicted octanol–water partition coefficient (Wildman–Crippen LogP) is 3.77. The Morgan fingerprint density at radius 2 is 1.95 bits per heavy atom. The van der Waals surface area contributed by atoms with E-state index in [1.165, 1.54) is 5.57 Å². The summed E-state index contributed by atoms with van der Waals surface area (Å²) in [5, 5.41) is 0.151. The van der Waals surface area contributed by atoms with Crippen molar-refractivity contribution in [3.63, 3.8) is 0 Å². The van der Waals surface area contributed by atoms with E-state index in [4.69, 9.17) is 12.6 Å². The van der Waals surface area contributed by atoms with Crippen molar-refractivity contribution in [2.24, 2.45) is 28.6 Å². The van der Waals surface area contributed by atoms with Crippen molar-refractivity contribution in [2.45, 2.75) is 51.2 Å². The molecule has 0 unspecified atom stereocenters. The van der Waals surface area contributed by atoms with Gasteiger partial charge < -0.3 is 0 Å². The molecule has 118 valence electrons. The molecule has 2 nitrogen and oxygen atoms in total. The van der Waals surface area contributed by atoms with Crippen LogP contribution in [0.1, 0.15) is 46.0 Å². The summed E-state index contributed by atoms with van der Waals surface area (Å²) in [7, 11) is 0. The van der Waals surface area contributed by atoms with Crippen LogP contribution in [0.15, 0.2) is 23.8 Å². The largest absolute Gasteiger partial charge is 0.299 e. The molecule has 0 aromatic carbocycles. The number of allylic oxidation sites excluding steroid dienone is 3. The first kappa shape index (κ1) is 14.7. The monoisotopic (exact) mass is 316 g/mol. The third-order valence-corrected chi connectivity index (χ3v) is 7.77. The number of carbonyl (C=O) groups excluding carboxylic acids is 2. The number of carbonyl (C=O) groups is 2. The minimum Gasteiger partial charge on any atom is -0.299 e. The first-order valence-corrected chi connectivity index (χ1v) is 9.04. The maximum Gasteiger partial charge on any atom is 0.178 e. The zero-order chi connectivity index (χ0) is 15.7. The molecule has 4 aliphatic carbocycles. The molecule has 0 spiro atoms. The zero-order valence-corrected chi connectivity index (χ0v) is 14.2. The van der Waals surface area contributed by atoms with Crippen LogP contribution in [-0.2, 0) is 9.59 Å². The number of hydrogen-bond acceptors (Lipinski definition) is 3. The summed E-state index contributed by atoms with van der Waals surface area (Å²) >= 11 is 4.83. The topological polar surface area (TPSA) is 34.1 Å². The van der Waals surface area contributed by atoms with E-state index in [-0.39, 0.29) is 21.9 Å². The molecule has 0 aromatic heterocycles. The molecule has 3 heteroatoms. The van der Waals surface area contributed by atoms with Gasteiger partial charge in [-0.3, -0.25) is 9.59 Å². The third kappa shape index (κ3) is 1.75. The fourth-order valence-electron chi connectivity index (χ4n) is 6.02. The highest BCUT2D eigenvalue weighted by atomic mass is 32.1. The van der Waals surface area contributed by atoms with Gasteiger partial charge in [-0.15, -0.1) is 0 Å². The molecule has 0 aromatic rings. The van der Waals surface area contributed by atoms with Crippen LogP contribution < -0.4 is 0 Å². The van der Waals surface area contributed by atoms with Crippen molar-refractivity contribution in [3.8, 4) is 0 Å². The molecule has 3 saturated carbocycles. The average Bonchev–Trinajstić information content (AvgIpc) is 2.77. The minimum absolute atomic E-state index is 0.0454. The quantitative estimate of drug-likeness (QED) is 0.690. The number of rotatable bonds is 0. The van der Waals surface area contributed by atoms with Crippen LogP contribution in [0.25, 0.3) is 0 Å². The Bertz CT molecular complexity index is 619. The predicted molar refractivity (Wildman–Crippen MR) is 89.8 cm³/mol. The van der Waals surface area contributed by atoms with Gasteiger partial charge in [-0.25, -0.2) is 0 Å². The van der Waals surface area contributed by atoms with Crippen LogP contribution in [0.5, 0.6) is 0 Å². The van der Waals surface area contributed by atoms with Crippen LogP contribution in [0.3, 0.4) is 0 Å². The lowest BCUT2D eigenvalue weighted by molar-refractivity contribution is -0.131. The molecular weight excluding hydrogens is 292 g/mol. The van der Waals surface area contributed by atoms with E-state index in [0.717, 1.165) is 32.1 Å². The first-order chi connectivity index (χ1) is 10.4. The molecule has 4 rings (SSSR count). The summed E-state index contributed by atoms with van der Waals surface area (Å²) in [6.07, 6.45) is 10.6. The average molecular weight is 316 g/mol. The first-order valence-electron chi connectivity index (χ1n) is 8.53. The Morgan fingerprint density at radius 1 is 1.18 bits per heavy atom. The molecule has 0 heterocycles. The molecule has 4 aliphatic rings. The lowest BCUT2D eigenvalue weighted by atomic mass is 9.48. The Labute approximate surface area is 137 Å². The molecule has 3 fully saturated rings. The standard InChI is InChI=1S/C19H24O2S/c1-18-7-5-11(20)9-15(18)16(22)10-12-13-3-4-17(21)19(13,2)8-6-14(12)18/h5,7,9,12-14,16,22H,3-4,6,8,10H2,1-2H3/t12-,13-,14-,16-,18+,19-/m0/s1. The maximum absolute atomic E-state index is 12.4. The van der Waals surface area contributed by atoms with E-state index >= 15 is 0 Å². The summed E-state index contributed by atoms with van der Waals surface area (Å²) in [6, 6.07) is 0. The molecule has 0 N–H and O–H groups in total. The second-order valence-electron chi connectivity index (χ2n) is 8.16. The second kappa shape index (κ2) is 4.59. The van der Waals surface area contributed by atoms with Gasteiger partial charge >= 0.3 is 0 Å². The lowest BCUT2D eigenvalue weighted by Crippen LogP contribution is -2.52. The molecule has 22 heavy (non-hydrogen) atoms. The van der Waals surface area contributed by atoms with E-state index in [9.17, 15) is 9.59 Å². The summed E-state index contributed by atoms with van der Waals surface area (Å²) in [6.45, 7) is 4.48. The van der Waals surface area contributed by atoms with Crippen LogP contribution >= 0.6 is 12.6 Å². The van der Waals surface area contributed by atoms with E-state index in [0.29, 0.717) is 23.5 Å². The zero-order valence-electron chi connectivity index (χ0n) is 13.3. The number of Topliss-reactive ketones (excluding diaryl/α,β-unsaturated/α-hetero) is 1. The molecule has 0 bridgehead atoms. The molecule has 0 amide bonds. The highest BCUT2D eigenvalue weighted by Crippen LogP contribution is 2.64. The van der Waals surface area contributed by atoms with Gasteiger partial charge in [0.1, 0.15) is 5.78 Å². The van der Waals surface area contributed by atoms with E-state index in [1.807, 2.05) is 6.08 Å². The second-order valence-corrected chi connectivity index (χ2v) is 8.79. The SMILES string of the molecule is C[C@]12C=CC(=O)C=C1[C@@H](S)C[C@@H]1[C@@H]2CC[C@]2(C)C(=O)CC[C@@H]12. The Hall–Kier alpha value is -0.830. The molecule has 0 saturated heterocycles. The number of thiol groups is 1. The van der Waals surface area contributed by atoms with Gasteiger partial charge in [0.05, 0.1) is 0 Å². The number of fused-ring (bicyclic) bond motifs is 5. The van der Waals surface area contributed by atoms with Gasteiger partial charge in [0, 0.05) is 22.5 Å². The van der Waals surface area contributed by atoms with Gasteiger partial charge in [-0.2, -0.15) is 12.6 Å². The fraction of sp³-hybridized carbons (Fsp3) is 0.684. The highest BCUT2D eigenvalue weighted by Gasteiger charge is 2.59. The van der Waals surface area contributed by atoms with Gasteiger partial charge in [0.25, 0.3) is 0 Å².